The van der Waals surface area contributed by atoms with Crippen LogP contribution in [0.3, 0.4) is 0 Å². The number of piperazine rings is 1. The molecule has 0 N–H and O–H groups in total. The minimum absolute atomic E-state index is 0.208. The van der Waals surface area contributed by atoms with Crippen molar-refractivity contribution in [2.75, 3.05) is 67.2 Å². The van der Waals surface area contributed by atoms with Gasteiger partial charge in [-0.25, -0.2) is 0 Å². The highest BCUT2D eigenvalue weighted by Gasteiger charge is 2.28. The van der Waals surface area contributed by atoms with E-state index in [1.807, 2.05) is 12.1 Å². The van der Waals surface area contributed by atoms with E-state index in [-0.39, 0.29) is 6.10 Å². The Morgan fingerprint density at radius 1 is 1.06 bits per heavy atom. The van der Waals surface area contributed by atoms with E-state index in [0.717, 1.165) is 64.3 Å². The molecule has 0 aliphatic carbocycles. The fraction of sp³-hybridized carbons (Fsp3) is 0.483. The predicted octanol–water partition coefficient (Wildman–Crippen LogP) is 5.54. The number of nitriles is 1. The molecule has 3 aliphatic heterocycles. The highest BCUT2D eigenvalue weighted by Crippen LogP contribution is 2.36. The molecule has 2 aromatic carbocycles. The SMILES string of the molecule is C[C@@H]1CN(c2csc3cc(C#N)ccc23)CCN1CC[C@@H]1OCCc2cc(N3CCSCC3)ccc21. The van der Waals surface area contributed by atoms with E-state index in [1.165, 1.54) is 44.1 Å². The Morgan fingerprint density at radius 3 is 2.78 bits per heavy atom. The molecular formula is C29H34N4OS2. The van der Waals surface area contributed by atoms with E-state index in [0.29, 0.717) is 6.04 Å². The molecule has 5 nitrogen and oxygen atoms in total. The van der Waals surface area contributed by atoms with Crippen LogP contribution in [-0.4, -0.2) is 68.3 Å². The van der Waals surface area contributed by atoms with Crippen LogP contribution < -0.4 is 9.80 Å². The molecule has 3 aromatic rings. The number of benzene rings is 2. The molecular weight excluding hydrogens is 484 g/mol. The summed E-state index contributed by atoms with van der Waals surface area (Å²) in [6.07, 6.45) is 2.29. The summed E-state index contributed by atoms with van der Waals surface area (Å²) in [4.78, 5) is 7.71. The maximum atomic E-state index is 9.21. The summed E-state index contributed by atoms with van der Waals surface area (Å²) < 4.78 is 7.49. The first-order valence-electron chi connectivity index (χ1n) is 13.2. The van der Waals surface area contributed by atoms with Crippen molar-refractivity contribution in [3.05, 3.63) is 58.5 Å². The van der Waals surface area contributed by atoms with Crippen LogP contribution in [0.1, 0.15) is 36.1 Å². The number of nitrogens with zero attached hydrogens (tertiary/aromatic N) is 4. The largest absolute Gasteiger partial charge is 0.373 e. The molecule has 188 valence electrons. The normalized spacial score (nSPS) is 23.0. The van der Waals surface area contributed by atoms with Crippen molar-refractivity contribution in [3.63, 3.8) is 0 Å². The van der Waals surface area contributed by atoms with Crippen molar-refractivity contribution in [1.29, 1.82) is 5.26 Å². The highest BCUT2D eigenvalue weighted by molar-refractivity contribution is 7.99. The average Bonchev–Trinajstić information content (AvgIpc) is 3.35. The molecule has 36 heavy (non-hydrogen) atoms. The first-order valence-corrected chi connectivity index (χ1v) is 15.2. The van der Waals surface area contributed by atoms with Crippen LogP contribution in [-0.2, 0) is 11.2 Å². The maximum absolute atomic E-state index is 9.21. The van der Waals surface area contributed by atoms with E-state index < -0.39 is 0 Å². The van der Waals surface area contributed by atoms with Crippen LogP contribution in [0, 0.1) is 11.3 Å². The number of thioether (sulfide) groups is 1. The summed E-state index contributed by atoms with van der Waals surface area (Å²) in [5, 5.41) is 12.7. The number of ether oxygens (including phenoxy) is 1. The van der Waals surface area contributed by atoms with Crippen LogP contribution in [0.15, 0.2) is 41.8 Å². The molecule has 0 spiro atoms. The minimum Gasteiger partial charge on any atom is -0.373 e. The van der Waals surface area contributed by atoms with Gasteiger partial charge in [0.15, 0.2) is 0 Å². The van der Waals surface area contributed by atoms with Gasteiger partial charge in [-0.05, 0) is 55.2 Å². The van der Waals surface area contributed by atoms with Crippen molar-refractivity contribution in [2.45, 2.75) is 31.9 Å². The monoisotopic (exact) mass is 518 g/mol. The van der Waals surface area contributed by atoms with E-state index in [2.05, 4.69) is 69.1 Å². The van der Waals surface area contributed by atoms with Gasteiger partial charge in [0.05, 0.1) is 30.0 Å². The number of rotatable bonds is 5. The Labute approximate surface area is 222 Å². The zero-order chi connectivity index (χ0) is 24.5. The van der Waals surface area contributed by atoms with Gasteiger partial charge in [0.2, 0.25) is 0 Å². The second-order valence-corrected chi connectivity index (χ2v) is 12.3. The lowest BCUT2D eigenvalue weighted by atomic mass is 9.94. The molecule has 4 heterocycles. The maximum Gasteiger partial charge on any atom is 0.0992 e. The molecule has 3 aliphatic rings. The van der Waals surface area contributed by atoms with E-state index in [9.17, 15) is 5.26 Å². The first kappa shape index (κ1) is 24.1. The Balaban J connectivity index is 1.08. The summed E-state index contributed by atoms with van der Waals surface area (Å²) in [7, 11) is 0. The van der Waals surface area contributed by atoms with Crippen molar-refractivity contribution < 1.29 is 4.74 Å². The van der Waals surface area contributed by atoms with Gasteiger partial charge in [-0.15, -0.1) is 11.3 Å². The third-order valence-corrected chi connectivity index (χ3v) is 9.88. The molecule has 0 saturated carbocycles. The number of fused-ring (bicyclic) bond motifs is 2. The van der Waals surface area contributed by atoms with Gasteiger partial charge in [0.1, 0.15) is 0 Å². The van der Waals surface area contributed by atoms with Gasteiger partial charge in [-0.2, -0.15) is 17.0 Å². The van der Waals surface area contributed by atoms with E-state index >= 15 is 0 Å². The lowest BCUT2D eigenvalue weighted by Gasteiger charge is -2.41. The molecule has 2 atom stereocenters. The highest BCUT2D eigenvalue weighted by atomic mass is 32.2. The van der Waals surface area contributed by atoms with Crippen LogP contribution in [0.25, 0.3) is 10.1 Å². The number of thiophene rings is 1. The Morgan fingerprint density at radius 2 is 1.94 bits per heavy atom. The predicted molar refractivity (Wildman–Crippen MR) is 153 cm³/mol. The molecule has 2 fully saturated rings. The van der Waals surface area contributed by atoms with Crippen molar-refractivity contribution in [1.82, 2.24) is 4.90 Å². The van der Waals surface area contributed by atoms with Gasteiger partial charge >= 0.3 is 0 Å². The average molecular weight is 519 g/mol. The van der Waals surface area contributed by atoms with E-state index in [1.54, 1.807) is 11.3 Å². The zero-order valence-electron chi connectivity index (χ0n) is 21.0. The third kappa shape index (κ3) is 4.84. The summed E-state index contributed by atoms with van der Waals surface area (Å²) in [5.41, 5.74) is 6.35. The third-order valence-electron chi connectivity index (χ3n) is 8.01. The lowest BCUT2D eigenvalue weighted by Crippen LogP contribution is -2.52. The standard InChI is InChI=1S/C29H34N4OS2/c1-21-19-33(27-20-36-29-16-22(18-30)2-4-26(27)29)10-9-31(21)8-6-28-25-5-3-24(17-23(25)7-13-34-28)32-11-14-35-15-12-32/h2-5,16-17,20-21,28H,6-15,19H2,1H3/t21-,28+/m1/s1. The summed E-state index contributed by atoms with van der Waals surface area (Å²) in [6, 6.07) is 15.9. The summed E-state index contributed by atoms with van der Waals surface area (Å²) >= 11 is 3.81. The first-order chi connectivity index (χ1) is 17.7. The van der Waals surface area contributed by atoms with Crippen LogP contribution >= 0.6 is 23.1 Å². The fourth-order valence-electron chi connectivity index (χ4n) is 5.94. The Hall–Kier alpha value is -2.24. The number of anilines is 2. The van der Waals surface area contributed by atoms with Crippen molar-refractivity contribution in [3.8, 4) is 6.07 Å². The molecule has 7 heteroatoms. The smallest absolute Gasteiger partial charge is 0.0992 e. The minimum atomic E-state index is 0.208. The topological polar surface area (TPSA) is 42.7 Å². The van der Waals surface area contributed by atoms with Gasteiger partial charge in [0.25, 0.3) is 0 Å². The van der Waals surface area contributed by atoms with E-state index in [4.69, 9.17) is 4.74 Å². The van der Waals surface area contributed by atoms with Gasteiger partial charge in [-0.1, -0.05) is 12.1 Å². The van der Waals surface area contributed by atoms with Crippen molar-refractivity contribution >= 4 is 44.6 Å². The quantitative estimate of drug-likeness (QED) is 0.442. The Bertz CT molecular complexity index is 1260. The molecule has 0 amide bonds. The molecule has 0 bridgehead atoms. The second-order valence-electron chi connectivity index (χ2n) is 10.2. The second kappa shape index (κ2) is 10.6. The molecule has 0 unspecified atom stereocenters. The molecule has 1 aromatic heterocycles. The summed E-state index contributed by atoms with van der Waals surface area (Å²) in [6.45, 7) is 9.72. The van der Waals surface area contributed by atoms with Crippen molar-refractivity contribution in [2.24, 2.45) is 0 Å². The van der Waals surface area contributed by atoms with Gasteiger partial charge in [-0.3, -0.25) is 4.90 Å². The zero-order valence-corrected chi connectivity index (χ0v) is 22.6. The fourth-order valence-corrected chi connectivity index (χ4v) is 7.85. The number of hydrogen-bond donors (Lipinski definition) is 0. The van der Waals surface area contributed by atoms with Crippen LogP contribution in [0.5, 0.6) is 0 Å². The van der Waals surface area contributed by atoms with Crippen LogP contribution in [0.4, 0.5) is 11.4 Å². The molecule has 0 radical (unpaired) electrons. The lowest BCUT2D eigenvalue weighted by molar-refractivity contribution is 0.0255. The molecule has 6 rings (SSSR count). The number of hydrogen-bond acceptors (Lipinski definition) is 7. The Kier molecular flexibility index (Phi) is 7.12. The molecule has 2 saturated heterocycles. The van der Waals surface area contributed by atoms with Crippen LogP contribution in [0.2, 0.25) is 0 Å². The summed E-state index contributed by atoms with van der Waals surface area (Å²) in [5.74, 6) is 2.47. The van der Waals surface area contributed by atoms with Gasteiger partial charge < -0.3 is 14.5 Å². The van der Waals surface area contributed by atoms with Gasteiger partial charge in [0, 0.05) is 78.0 Å².